The van der Waals surface area contributed by atoms with Crippen LogP contribution in [0.25, 0.3) is 0 Å². The van der Waals surface area contributed by atoms with E-state index in [2.05, 4.69) is 23.2 Å². The van der Waals surface area contributed by atoms with E-state index in [-0.39, 0.29) is 12.0 Å². The zero-order chi connectivity index (χ0) is 20.8. The molecule has 0 fully saturated rings. The van der Waals surface area contributed by atoms with E-state index >= 15 is 0 Å². The third kappa shape index (κ3) is 4.99. The summed E-state index contributed by atoms with van der Waals surface area (Å²) in [5.41, 5.74) is 2.21. The second kappa shape index (κ2) is 9.32. The molecule has 0 spiro atoms. The minimum absolute atomic E-state index is 0.0989. The molecular weight excluding hydrogens is 370 g/mol. The van der Waals surface area contributed by atoms with E-state index in [1.54, 1.807) is 43.1 Å². The van der Waals surface area contributed by atoms with Gasteiger partial charge in [-0.05, 0) is 50.2 Å². The first-order valence-electron chi connectivity index (χ1n) is 9.81. The Kier molecular flexibility index (Phi) is 6.59. The summed E-state index contributed by atoms with van der Waals surface area (Å²) in [5, 5.41) is 2.61. The normalized spacial score (nSPS) is 15.1. The Morgan fingerprint density at radius 2 is 1.90 bits per heavy atom. The molecule has 0 saturated carbocycles. The fraction of sp³-hybridized carbons (Fsp3) is 0.364. The van der Waals surface area contributed by atoms with Crippen LogP contribution in [-0.4, -0.2) is 56.3 Å². The fourth-order valence-corrected chi connectivity index (χ4v) is 3.36. The molecule has 1 aliphatic rings. The van der Waals surface area contributed by atoms with Gasteiger partial charge in [-0.15, -0.1) is 0 Å². The molecule has 154 valence electrons. The number of nitrogens with one attached hydrogen (secondary N) is 1. The molecule has 7 heteroatoms. The van der Waals surface area contributed by atoms with Gasteiger partial charge in [0, 0.05) is 24.8 Å². The maximum absolute atomic E-state index is 12.8. The number of nitrogens with zero attached hydrogens (tertiary/aromatic N) is 2. The van der Waals surface area contributed by atoms with Gasteiger partial charge in [0.2, 0.25) is 0 Å². The summed E-state index contributed by atoms with van der Waals surface area (Å²) < 4.78 is 11.0. The summed E-state index contributed by atoms with van der Waals surface area (Å²) in [4.78, 5) is 28.2. The molecule has 0 bridgehead atoms. The summed E-state index contributed by atoms with van der Waals surface area (Å²) in [6, 6.07) is 14.7. The van der Waals surface area contributed by atoms with E-state index in [0.29, 0.717) is 24.4 Å². The summed E-state index contributed by atoms with van der Waals surface area (Å²) in [6.07, 6.45) is -0.623. The quantitative estimate of drug-likeness (QED) is 0.806. The van der Waals surface area contributed by atoms with Crippen LogP contribution in [-0.2, 0) is 4.74 Å². The average molecular weight is 397 g/mol. The van der Waals surface area contributed by atoms with E-state index in [1.807, 2.05) is 18.2 Å². The number of benzene rings is 2. The number of amides is 2. The van der Waals surface area contributed by atoms with Crippen molar-refractivity contribution >= 4 is 23.4 Å². The monoisotopic (exact) mass is 397 g/mol. The molecule has 1 heterocycles. The topological polar surface area (TPSA) is 71.1 Å². The number of rotatable bonds is 6. The van der Waals surface area contributed by atoms with Gasteiger partial charge in [0.25, 0.3) is 5.91 Å². The van der Waals surface area contributed by atoms with E-state index in [4.69, 9.17) is 9.47 Å². The van der Waals surface area contributed by atoms with Crippen molar-refractivity contribution in [2.75, 3.05) is 43.5 Å². The summed E-state index contributed by atoms with van der Waals surface area (Å²) in [5.74, 6) is 0.749. The number of fused-ring (bicyclic) bond motifs is 1. The Morgan fingerprint density at radius 3 is 2.59 bits per heavy atom. The molecule has 0 saturated heterocycles. The van der Waals surface area contributed by atoms with Crippen LogP contribution < -0.4 is 15.0 Å². The van der Waals surface area contributed by atoms with Crippen LogP contribution in [0.3, 0.4) is 0 Å². The van der Waals surface area contributed by atoms with Crippen molar-refractivity contribution in [3.8, 4) is 5.75 Å². The highest BCUT2D eigenvalue weighted by Crippen LogP contribution is 2.32. The van der Waals surface area contributed by atoms with Crippen LogP contribution in [0.15, 0.2) is 48.5 Å². The minimum atomic E-state index is -0.515. The van der Waals surface area contributed by atoms with Crippen molar-refractivity contribution in [2.45, 2.75) is 20.0 Å². The smallest absolute Gasteiger partial charge is 0.411 e. The van der Waals surface area contributed by atoms with Crippen LogP contribution in [0.2, 0.25) is 0 Å². The standard InChI is InChI=1S/C22H27N3O4/c1-4-25-15-18(29-20-9-7-6-8-19(20)25)14-24(3)21(26)16-10-12-17(13-11-16)23-22(27)28-5-2/h6-13,18H,4-5,14-15H2,1-3H3,(H,23,27)/t18-/m0/s1. The molecule has 7 nitrogen and oxygen atoms in total. The number of carbonyl (C=O) groups excluding carboxylic acids is 2. The van der Waals surface area contributed by atoms with Gasteiger partial charge in [-0.1, -0.05) is 12.1 Å². The van der Waals surface area contributed by atoms with Crippen LogP contribution >= 0.6 is 0 Å². The Morgan fingerprint density at radius 1 is 1.17 bits per heavy atom. The number of carbonyl (C=O) groups is 2. The predicted molar refractivity (Wildman–Crippen MR) is 113 cm³/mol. The van der Waals surface area contributed by atoms with E-state index in [0.717, 1.165) is 24.5 Å². The molecule has 3 rings (SSSR count). The van der Waals surface area contributed by atoms with Crippen molar-refractivity contribution in [2.24, 2.45) is 0 Å². The molecule has 2 aromatic carbocycles. The molecule has 1 aliphatic heterocycles. The van der Waals surface area contributed by atoms with Crippen molar-refractivity contribution in [3.05, 3.63) is 54.1 Å². The van der Waals surface area contributed by atoms with E-state index in [1.165, 1.54) is 0 Å². The average Bonchev–Trinajstić information content (AvgIpc) is 2.73. The van der Waals surface area contributed by atoms with Gasteiger partial charge < -0.3 is 19.3 Å². The second-order valence-corrected chi connectivity index (χ2v) is 6.85. The molecule has 1 atom stereocenters. The van der Waals surface area contributed by atoms with Crippen molar-refractivity contribution in [3.63, 3.8) is 0 Å². The van der Waals surface area contributed by atoms with Crippen molar-refractivity contribution < 1.29 is 19.1 Å². The molecular formula is C22H27N3O4. The van der Waals surface area contributed by atoms with Crippen LogP contribution in [0.1, 0.15) is 24.2 Å². The predicted octanol–water partition coefficient (Wildman–Crippen LogP) is 3.61. The number of ether oxygens (including phenoxy) is 2. The molecule has 0 unspecified atom stereocenters. The zero-order valence-corrected chi connectivity index (χ0v) is 17.1. The van der Waals surface area contributed by atoms with E-state index < -0.39 is 6.09 Å². The first-order valence-corrected chi connectivity index (χ1v) is 9.81. The Bertz CT molecular complexity index is 853. The summed E-state index contributed by atoms with van der Waals surface area (Å²) >= 11 is 0. The highest BCUT2D eigenvalue weighted by Gasteiger charge is 2.27. The Balaban J connectivity index is 1.61. The van der Waals surface area contributed by atoms with Gasteiger partial charge in [0.1, 0.15) is 11.9 Å². The third-order valence-electron chi connectivity index (χ3n) is 4.78. The summed E-state index contributed by atoms with van der Waals surface area (Å²) in [6.45, 7) is 6.24. The van der Waals surface area contributed by atoms with Gasteiger partial charge in [-0.2, -0.15) is 0 Å². The van der Waals surface area contributed by atoms with Crippen molar-refractivity contribution in [1.82, 2.24) is 4.90 Å². The number of para-hydroxylation sites is 2. The zero-order valence-electron chi connectivity index (χ0n) is 17.1. The third-order valence-corrected chi connectivity index (χ3v) is 4.78. The molecule has 0 radical (unpaired) electrons. The Hall–Kier alpha value is -3.22. The van der Waals surface area contributed by atoms with Gasteiger partial charge in [-0.25, -0.2) is 4.79 Å². The van der Waals surface area contributed by atoms with E-state index in [9.17, 15) is 9.59 Å². The highest BCUT2D eigenvalue weighted by molar-refractivity contribution is 5.95. The van der Waals surface area contributed by atoms with Gasteiger partial charge >= 0.3 is 6.09 Å². The number of hydrogen-bond donors (Lipinski definition) is 1. The molecule has 2 amide bonds. The largest absolute Gasteiger partial charge is 0.485 e. The number of likely N-dealkylation sites (N-methyl/N-ethyl adjacent to an activating group) is 2. The molecule has 1 N–H and O–H groups in total. The van der Waals surface area contributed by atoms with Crippen LogP contribution in [0.5, 0.6) is 5.75 Å². The van der Waals surface area contributed by atoms with Crippen LogP contribution in [0, 0.1) is 0 Å². The van der Waals surface area contributed by atoms with Gasteiger partial charge in [0.15, 0.2) is 0 Å². The Labute approximate surface area is 171 Å². The minimum Gasteiger partial charge on any atom is -0.485 e. The molecule has 0 aliphatic carbocycles. The first-order chi connectivity index (χ1) is 14.0. The maximum Gasteiger partial charge on any atom is 0.411 e. The van der Waals surface area contributed by atoms with Crippen molar-refractivity contribution in [1.29, 1.82) is 0 Å². The SMILES string of the molecule is CCOC(=O)Nc1ccc(C(=O)N(C)C[C@H]2CN(CC)c3ccccc3O2)cc1. The second-order valence-electron chi connectivity index (χ2n) is 6.85. The lowest BCUT2D eigenvalue weighted by molar-refractivity contribution is 0.0709. The lowest BCUT2D eigenvalue weighted by Crippen LogP contribution is -2.46. The van der Waals surface area contributed by atoms with Gasteiger partial charge in [-0.3, -0.25) is 10.1 Å². The fourth-order valence-electron chi connectivity index (χ4n) is 3.36. The molecule has 2 aromatic rings. The lowest BCUT2D eigenvalue weighted by Gasteiger charge is -2.37. The lowest BCUT2D eigenvalue weighted by atomic mass is 10.1. The molecule has 29 heavy (non-hydrogen) atoms. The van der Waals surface area contributed by atoms with Gasteiger partial charge in [0.05, 0.1) is 25.4 Å². The summed E-state index contributed by atoms with van der Waals surface area (Å²) in [7, 11) is 1.77. The van der Waals surface area contributed by atoms with Crippen LogP contribution in [0.4, 0.5) is 16.2 Å². The number of hydrogen-bond acceptors (Lipinski definition) is 5. The molecule has 0 aromatic heterocycles. The maximum atomic E-state index is 12.8. The highest BCUT2D eigenvalue weighted by atomic mass is 16.5. The first kappa shape index (κ1) is 20.5. The number of anilines is 2.